The zero-order chi connectivity index (χ0) is 14.3. The molecule has 1 aromatic heterocycles. The standard InChI is InChI=1S/C15H11ClN2OS/c1-17-13-5-3-2-4-12(13)14(19)18(15(17)20)11-8-6-10(16)7-9-11/h2-9H,1H3. The van der Waals surface area contributed by atoms with Crippen LogP contribution in [0.5, 0.6) is 0 Å². The lowest BCUT2D eigenvalue weighted by Gasteiger charge is -2.12. The molecule has 3 aromatic rings. The Labute approximate surface area is 125 Å². The van der Waals surface area contributed by atoms with Crippen molar-refractivity contribution in [1.29, 1.82) is 0 Å². The fraction of sp³-hybridized carbons (Fsp3) is 0.0667. The number of nitrogens with zero attached hydrogens (tertiary/aromatic N) is 2. The molecule has 0 radical (unpaired) electrons. The zero-order valence-electron chi connectivity index (χ0n) is 10.7. The zero-order valence-corrected chi connectivity index (χ0v) is 12.3. The lowest BCUT2D eigenvalue weighted by molar-refractivity contribution is 0.810. The first-order chi connectivity index (χ1) is 9.59. The second kappa shape index (κ2) is 4.89. The molecule has 0 aliphatic rings. The van der Waals surface area contributed by atoms with E-state index in [2.05, 4.69) is 0 Å². The molecule has 0 saturated carbocycles. The Hall–Kier alpha value is -1.91. The van der Waals surface area contributed by atoms with Crippen LogP contribution < -0.4 is 5.56 Å². The molecule has 0 amide bonds. The van der Waals surface area contributed by atoms with Crippen molar-refractivity contribution in [2.45, 2.75) is 0 Å². The van der Waals surface area contributed by atoms with E-state index in [4.69, 9.17) is 23.8 Å². The molecular formula is C15H11ClN2OS. The SMILES string of the molecule is Cn1c(=S)n(-c2ccc(Cl)cc2)c(=O)c2ccccc21. The van der Waals surface area contributed by atoms with Crippen molar-refractivity contribution in [3.63, 3.8) is 0 Å². The van der Waals surface area contributed by atoms with Crippen LogP contribution in [-0.4, -0.2) is 9.13 Å². The van der Waals surface area contributed by atoms with Crippen LogP contribution in [0.1, 0.15) is 0 Å². The number of hydrogen-bond acceptors (Lipinski definition) is 2. The average molecular weight is 303 g/mol. The first kappa shape index (κ1) is 13.1. The number of benzene rings is 2. The van der Waals surface area contributed by atoms with Crippen molar-refractivity contribution in [3.8, 4) is 5.69 Å². The summed E-state index contributed by atoms with van der Waals surface area (Å²) in [4.78, 5) is 12.6. The van der Waals surface area contributed by atoms with Crippen LogP contribution >= 0.6 is 23.8 Å². The highest BCUT2D eigenvalue weighted by atomic mass is 35.5. The van der Waals surface area contributed by atoms with Gasteiger partial charge in [-0.05, 0) is 48.6 Å². The number of hydrogen-bond donors (Lipinski definition) is 0. The third kappa shape index (κ3) is 1.97. The number of para-hydroxylation sites is 1. The second-order valence-corrected chi connectivity index (χ2v) is 5.28. The van der Waals surface area contributed by atoms with E-state index >= 15 is 0 Å². The molecule has 0 N–H and O–H groups in total. The van der Waals surface area contributed by atoms with Gasteiger partial charge in [0.1, 0.15) is 0 Å². The molecule has 100 valence electrons. The molecule has 0 fully saturated rings. The van der Waals surface area contributed by atoms with Crippen molar-refractivity contribution >= 4 is 34.7 Å². The van der Waals surface area contributed by atoms with E-state index in [-0.39, 0.29) is 5.56 Å². The lowest BCUT2D eigenvalue weighted by atomic mass is 10.2. The maximum Gasteiger partial charge on any atom is 0.266 e. The van der Waals surface area contributed by atoms with E-state index in [1.54, 1.807) is 30.3 Å². The third-order valence-corrected chi connectivity index (χ3v) is 3.97. The van der Waals surface area contributed by atoms with Crippen LogP contribution in [0.15, 0.2) is 53.3 Å². The first-order valence-corrected chi connectivity index (χ1v) is 6.85. The predicted octanol–water partition coefficient (Wildman–Crippen LogP) is 3.71. The molecule has 0 atom stereocenters. The second-order valence-electron chi connectivity index (χ2n) is 4.48. The van der Waals surface area contributed by atoms with Crippen molar-refractivity contribution in [3.05, 3.63) is 68.7 Å². The quantitative estimate of drug-likeness (QED) is 0.641. The minimum absolute atomic E-state index is 0.119. The van der Waals surface area contributed by atoms with Gasteiger partial charge < -0.3 is 4.57 Å². The molecule has 0 aliphatic heterocycles. The number of halogens is 1. The van der Waals surface area contributed by atoms with Crippen LogP contribution in [-0.2, 0) is 7.05 Å². The summed E-state index contributed by atoms with van der Waals surface area (Å²) < 4.78 is 3.81. The Balaban J connectivity index is 2.45. The van der Waals surface area contributed by atoms with Gasteiger partial charge in [-0.1, -0.05) is 23.7 Å². The van der Waals surface area contributed by atoms with Crippen molar-refractivity contribution in [1.82, 2.24) is 9.13 Å². The van der Waals surface area contributed by atoms with Crippen LogP contribution in [0.2, 0.25) is 5.02 Å². The molecule has 20 heavy (non-hydrogen) atoms. The van der Waals surface area contributed by atoms with Crippen LogP contribution in [0.4, 0.5) is 0 Å². The number of aromatic nitrogens is 2. The van der Waals surface area contributed by atoms with E-state index < -0.39 is 0 Å². The molecule has 0 saturated heterocycles. The third-order valence-electron chi connectivity index (χ3n) is 3.26. The number of aryl methyl sites for hydroxylation is 1. The first-order valence-electron chi connectivity index (χ1n) is 6.06. The van der Waals surface area contributed by atoms with Gasteiger partial charge in [-0.2, -0.15) is 0 Å². The topological polar surface area (TPSA) is 26.9 Å². The highest BCUT2D eigenvalue weighted by molar-refractivity contribution is 7.71. The van der Waals surface area contributed by atoms with Gasteiger partial charge in [0, 0.05) is 12.1 Å². The summed E-state index contributed by atoms with van der Waals surface area (Å²) in [6.45, 7) is 0. The molecule has 0 aliphatic carbocycles. The summed E-state index contributed by atoms with van der Waals surface area (Å²) in [5.41, 5.74) is 1.42. The van der Waals surface area contributed by atoms with Gasteiger partial charge in [0.25, 0.3) is 5.56 Å². The molecule has 0 bridgehead atoms. The molecular weight excluding hydrogens is 292 g/mol. The largest absolute Gasteiger partial charge is 0.320 e. The molecule has 3 nitrogen and oxygen atoms in total. The Morgan fingerprint density at radius 2 is 1.70 bits per heavy atom. The van der Waals surface area contributed by atoms with Gasteiger partial charge in [-0.25, -0.2) is 0 Å². The Bertz CT molecular complexity index is 910. The molecule has 3 rings (SSSR count). The summed E-state index contributed by atoms with van der Waals surface area (Å²) >= 11 is 11.3. The average Bonchev–Trinajstić information content (AvgIpc) is 2.47. The minimum Gasteiger partial charge on any atom is -0.320 e. The molecule has 0 spiro atoms. The highest BCUT2D eigenvalue weighted by Gasteiger charge is 2.09. The van der Waals surface area contributed by atoms with Crippen molar-refractivity contribution in [2.75, 3.05) is 0 Å². The summed E-state index contributed by atoms with van der Waals surface area (Å²) in [5.74, 6) is 0. The van der Waals surface area contributed by atoms with E-state index in [1.807, 2.05) is 29.8 Å². The van der Waals surface area contributed by atoms with E-state index in [9.17, 15) is 4.79 Å². The lowest BCUT2D eigenvalue weighted by Crippen LogP contribution is -2.23. The smallest absolute Gasteiger partial charge is 0.266 e. The summed E-state index contributed by atoms with van der Waals surface area (Å²) in [5, 5.41) is 1.26. The Morgan fingerprint density at radius 3 is 2.40 bits per heavy atom. The van der Waals surface area contributed by atoms with Gasteiger partial charge in [-0.15, -0.1) is 0 Å². The minimum atomic E-state index is -0.119. The van der Waals surface area contributed by atoms with Crippen molar-refractivity contribution in [2.24, 2.45) is 7.05 Å². The fourth-order valence-corrected chi connectivity index (χ4v) is 2.64. The van der Waals surface area contributed by atoms with Gasteiger partial charge in [0.05, 0.1) is 16.6 Å². The molecule has 5 heteroatoms. The monoisotopic (exact) mass is 302 g/mol. The summed E-state index contributed by atoms with van der Waals surface area (Å²) in [7, 11) is 1.86. The van der Waals surface area contributed by atoms with Crippen LogP contribution in [0.3, 0.4) is 0 Å². The highest BCUT2D eigenvalue weighted by Crippen LogP contribution is 2.15. The van der Waals surface area contributed by atoms with Gasteiger partial charge in [-0.3, -0.25) is 9.36 Å². The molecule has 2 aromatic carbocycles. The Morgan fingerprint density at radius 1 is 1.05 bits per heavy atom. The fourth-order valence-electron chi connectivity index (χ4n) is 2.23. The summed E-state index contributed by atoms with van der Waals surface area (Å²) in [6, 6.07) is 14.5. The normalized spacial score (nSPS) is 10.9. The van der Waals surface area contributed by atoms with Gasteiger partial charge in [0.15, 0.2) is 4.77 Å². The van der Waals surface area contributed by atoms with E-state index in [0.717, 1.165) is 5.52 Å². The van der Waals surface area contributed by atoms with E-state index in [1.165, 1.54) is 4.57 Å². The molecule has 1 heterocycles. The number of rotatable bonds is 1. The van der Waals surface area contributed by atoms with Gasteiger partial charge in [0.2, 0.25) is 0 Å². The van der Waals surface area contributed by atoms with E-state index in [0.29, 0.717) is 20.9 Å². The maximum atomic E-state index is 12.6. The van der Waals surface area contributed by atoms with Gasteiger partial charge >= 0.3 is 0 Å². The summed E-state index contributed by atoms with van der Waals surface area (Å²) in [6.07, 6.45) is 0. The number of fused-ring (bicyclic) bond motifs is 1. The maximum absolute atomic E-state index is 12.6. The van der Waals surface area contributed by atoms with Crippen LogP contribution in [0, 0.1) is 4.77 Å². The predicted molar refractivity (Wildman–Crippen MR) is 84.4 cm³/mol. The molecule has 0 unspecified atom stereocenters. The Kier molecular flexibility index (Phi) is 3.20. The van der Waals surface area contributed by atoms with Crippen molar-refractivity contribution < 1.29 is 0 Å². The van der Waals surface area contributed by atoms with Crippen LogP contribution in [0.25, 0.3) is 16.6 Å².